The van der Waals surface area contributed by atoms with Crippen molar-refractivity contribution in [3.05, 3.63) is 65.6 Å². The van der Waals surface area contributed by atoms with Crippen molar-refractivity contribution in [1.29, 1.82) is 0 Å². The van der Waals surface area contributed by atoms with Crippen LogP contribution >= 0.6 is 0 Å². The van der Waals surface area contributed by atoms with E-state index in [1.807, 2.05) is 0 Å². The maximum Gasteiger partial charge on any atom is 0.171 e. The molecular weight excluding hydrogens is 312 g/mol. The fraction of sp³-hybridized carbons (Fsp3) is 0.235. The normalized spacial score (nSPS) is 10.5. The lowest BCUT2D eigenvalue weighted by Gasteiger charge is -2.00. The predicted octanol–water partition coefficient (Wildman–Crippen LogP) is 0.319. The van der Waals surface area contributed by atoms with E-state index in [0.717, 1.165) is 13.0 Å². The second kappa shape index (κ2) is 6.23. The molecule has 0 spiro atoms. The highest BCUT2D eigenvalue weighted by Gasteiger charge is 2.07. The first-order chi connectivity index (χ1) is 9.24. The Labute approximate surface area is 130 Å². The third-order valence-corrected chi connectivity index (χ3v) is 3.81. The molecule has 3 heteroatoms. The molecule has 2 aromatic heterocycles. The Kier molecular flexibility index (Phi) is 4.61. The predicted molar refractivity (Wildman–Crippen MR) is 78.1 cm³/mol. The molecule has 0 atom stereocenters. The van der Waals surface area contributed by atoms with Crippen LogP contribution < -0.4 is 21.5 Å². The van der Waals surface area contributed by atoms with Crippen molar-refractivity contribution >= 4 is 10.9 Å². The second-order valence-electron chi connectivity index (χ2n) is 5.16. The molecule has 104 valence electrons. The number of rotatable bonds is 3. The Bertz CT molecular complexity index is 716. The third kappa shape index (κ3) is 2.93. The number of nitrogens with one attached hydrogen (secondary N) is 1. The van der Waals surface area contributed by atoms with Gasteiger partial charge in [0, 0.05) is 35.2 Å². The van der Waals surface area contributed by atoms with Crippen LogP contribution in [0.15, 0.2) is 48.9 Å². The molecule has 20 heavy (non-hydrogen) atoms. The fourth-order valence-corrected chi connectivity index (χ4v) is 2.46. The van der Waals surface area contributed by atoms with Gasteiger partial charge >= 0.3 is 0 Å². The van der Waals surface area contributed by atoms with E-state index in [1.54, 1.807) is 0 Å². The zero-order valence-corrected chi connectivity index (χ0v) is 13.4. The van der Waals surface area contributed by atoms with Crippen molar-refractivity contribution in [3.63, 3.8) is 0 Å². The number of aryl methyl sites for hydroxylation is 4. The Morgan fingerprint density at radius 3 is 2.65 bits per heavy atom. The summed E-state index contributed by atoms with van der Waals surface area (Å²) in [4.78, 5) is 3.34. The minimum atomic E-state index is 0. The van der Waals surface area contributed by atoms with Gasteiger partial charge in [0.15, 0.2) is 18.9 Å². The summed E-state index contributed by atoms with van der Waals surface area (Å²) < 4.78 is 2.27. The molecule has 0 radical (unpaired) electrons. The second-order valence-corrected chi connectivity index (χ2v) is 5.16. The van der Waals surface area contributed by atoms with Crippen LogP contribution in [-0.4, -0.2) is 4.98 Å². The molecule has 2 heterocycles. The molecular formula is C17H19BrN2. The van der Waals surface area contributed by atoms with E-state index in [2.05, 4.69) is 72.3 Å². The Morgan fingerprint density at radius 2 is 1.85 bits per heavy atom. The monoisotopic (exact) mass is 330 g/mol. The van der Waals surface area contributed by atoms with Crippen LogP contribution in [0.1, 0.15) is 16.7 Å². The Hall–Kier alpha value is -1.61. The molecule has 2 nitrogen and oxygen atoms in total. The fourth-order valence-electron chi connectivity index (χ4n) is 2.46. The largest absolute Gasteiger partial charge is 1.00 e. The molecule has 0 aliphatic heterocycles. The van der Waals surface area contributed by atoms with Gasteiger partial charge in [0.2, 0.25) is 0 Å². The number of benzene rings is 1. The van der Waals surface area contributed by atoms with Crippen molar-refractivity contribution in [2.75, 3.05) is 0 Å². The van der Waals surface area contributed by atoms with Gasteiger partial charge in [-0.15, -0.1) is 0 Å². The summed E-state index contributed by atoms with van der Waals surface area (Å²) in [6, 6.07) is 10.7. The Morgan fingerprint density at radius 1 is 1.05 bits per heavy atom. The topological polar surface area (TPSA) is 19.7 Å². The van der Waals surface area contributed by atoms with Crippen molar-refractivity contribution in [2.24, 2.45) is 0 Å². The summed E-state index contributed by atoms with van der Waals surface area (Å²) in [5, 5.41) is 1.34. The molecule has 0 aliphatic carbocycles. The van der Waals surface area contributed by atoms with Crippen molar-refractivity contribution in [1.82, 2.24) is 4.98 Å². The van der Waals surface area contributed by atoms with E-state index in [1.165, 1.54) is 27.6 Å². The van der Waals surface area contributed by atoms with Crippen LogP contribution in [0, 0.1) is 13.8 Å². The van der Waals surface area contributed by atoms with Crippen LogP contribution in [0.5, 0.6) is 0 Å². The first-order valence-corrected chi connectivity index (χ1v) is 6.75. The number of halogens is 1. The molecule has 0 amide bonds. The summed E-state index contributed by atoms with van der Waals surface area (Å²) in [7, 11) is 0. The van der Waals surface area contributed by atoms with Crippen molar-refractivity contribution in [3.8, 4) is 0 Å². The van der Waals surface area contributed by atoms with Crippen LogP contribution in [0.3, 0.4) is 0 Å². The number of H-pyrrole nitrogens is 1. The van der Waals surface area contributed by atoms with E-state index in [0.29, 0.717) is 0 Å². The zero-order valence-electron chi connectivity index (χ0n) is 11.9. The highest BCUT2D eigenvalue weighted by atomic mass is 79.9. The zero-order chi connectivity index (χ0) is 13.2. The quantitative estimate of drug-likeness (QED) is 0.667. The van der Waals surface area contributed by atoms with E-state index in [-0.39, 0.29) is 17.0 Å². The average molecular weight is 331 g/mol. The molecule has 0 fully saturated rings. The molecule has 1 aromatic carbocycles. The molecule has 0 saturated heterocycles. The smallest absolute Gasteiger partial charge is 0.171 e. The molecule has 0 unspecified atom stereocenters. The van der Waals surface area contributed by atoms with Gasteiger partial charge < -0.3 is 22.0 Å². The maximum atomic E-state index is 3.34. The van der Waals surface area contributed by atoms with E-state index < -0.39 is 0 Å². The number of hydrogen-bond acceptors (Lipinski definition) is 0. The van der Waals surface area contributed by atoms with E-state index >= 15 is 0 Å². The van der Waals surface area contributed by atoms with Gasteiger partial charge in [-0.2, -0.15) is 0 Å². The lowest BCUT2D eigenvalue weighted by molar-refractivity contribution is -0.696. The van der Waals surface area contributed by atoms with E-state index in [4.69, 9.17) is 0 Å². The lowest BCUT2D eigenvalue weighted by atomic mass is 10.1. The first-order valence-electron chi connectivity index (χ1n) is 6.75. The SMILES string of the molecule is Cc1cc[n+](CCc2c[nH]c3ccccc23)cc1C.[Br-]. The minimum Gasteiger partial charge on any atom is -1.00 e. The number of aromatic amines is 1. The summed E-state index contributed by atoms with van der Waals surface area (Å²) in [6.45, 7) is 5.33. The maximum absolute atomic E-state index is 3.34. The number of pyridine rings is 1. The molecule has 0 bridgehead atoms. The molecule has 3 aromatic rings. The van der Waals surface area contributed by atoms with Gasteiger partial charge in [0.25, 0.3) is 0 Å². The van der Waals surface area contributed by atoms with E-state index in [9.17, 15) is 0 Å². The summed E-state index contributed by atoms with van der Waals surface area (Å²) in [5.74, 6) is 0. The summed E-state index contributed by atoms with van der Waals surface area (Å²) in [5.41, 5.74) is 5.31. The number of fused-ring (bicyclic) bond motifs is 1. The molecule has 3 rings (SSSR count). The van der Waals surface area contributed by atoms with Gasteiger partial charge in [-0.1, -0.05) is 18.2 Å². The van der Waals surface area contributed by atoms with Crippen LogP contribution in [0.25, 0.3) is 10.9 Å². The third-order valence-electron chi connectivity index (χ3n) is 3.81. The highest BCUT2D eigenvalue weighted by molar-refractivity contribution is 5.82. The van der Waals surface area contributed by atoms with Crippen LogP contribution in [0.4, 0.5) is 0 Å². The number of para-hydroxylation sites is 1. The molecule has 0 saturated carbocycles. The number of aromatic nitrogens is 2. The lowest BCUT2D eigenvalue weighted by Crippen LogP contribution is -3.00. The standard InChI is InChI=1S/C17H19N2.BrH/c1-13-7-9-19(12-14(13)2)10-8-15-11-18-17-6-4-3-5-16(15)17;/h3-7,9,11-12,18H,8,10H2,1-2H3;1H/q+1;/p-1. The summed E-state index contributed by atoms with van der Waals surface area (Å²) in [6.07, 6.45) is 7.57. The van der Waals surface area contributed by atoms with Crippen LogP contribution in [0.2, 0.25) is 0 Å². The van der Waals surface area contributed by atoms with Crippen molar-refractivity contribution < 1.29 is 21.5 Å². The minimum absolute atomic E-state index is 0. The van der Waals surface area contributed by atoms with Crippen LogP contribution in [-0.2, 0) is 13.0 Å². The van der Waals surface area contributed by atoms with Gasteiger partial charge in [-0.25, -0.2) is 4.57 Å². The highest BCUT2D eigenvalue weighted by Crippen LogP contribution is 2.17. The number of hydrogen-bond donors (Lipinski definition) is 1. The average Bonchev–Trinajstić information content (AvgIpc) is 2.83. The van der Waals surface area contributed by atoms with Gasteiger partial charge in [-0.3, -0.25) is 0 Å². The molecule has 1 N–H and O–H groups in total. The first kappa shape index (κ1) is 14.8. The van der Waals surface area contributed by atoms with Crippen molar-refractivity contribution in [2.45, 2.75) is 26.8 Å². The van der Waals surface area contributed by atoms with Gasteiger partial charge in [0.05, 0.1) is 0 Å². The van der Waals surface area contributed by atoms with Gasteiger partial charge in [0.1, 0.15) is 0 Å². The summed E-state index contributed by atoms with van der Waals surface area (Å²) >= 11 is 0. The number of nitrogens with zero attached hydrogens (tertiary/aromatic N) is 1. The van der Waals surface area contributed by atoms with Gasteiger partial charge in [-0.05, 0) is 31.0 Å². The Balaban J connectivity index is 0.00000147. The molecule has 0 aliphatic rings.